The lowest BCUT2D eigenvalue weighted by atomic mass is 9.94. The van der Waals surface area contributed by atoms with Crippen LogP contribution in [0.5, 0.6) is 5.75 Å². The molecule has 0 bridgehead atoms. The van der Waals surface area contributed by atoms with Gasteiger partial charge >= 0.3 is 0 Å². The van der Waals surface area contributed by atoms with Crippen LogP contribution >= 0.6 is 0 Å². The SMILES string of the molecule is CC1OCCC1N(C)C1COc2ccccc2C1N. The molecule has 104 valence electrons. The fraction of sp³-hybridized carbons (Fsp3) is 0.600. The van der Waals surface area contributed by atoms with Crippen molar-refractivity contribution in [2.75, 3.05) is 20.3 Å². The average molecular weight is 262 g/mol. The van der Waals surface area contributed by atoms with E-state index in [1.54, 1.807) is 0 Å². The fourth-order valence-corrected chi connectivity index (χ4v) is 3.25. The molecule has 3 rings (SSSR count). The van der Waals surface area contributed by atoms with E-state index in [1.807, 2.05) is 18.2 Å². The first-order valence-corrected chi connectivity index (χ1v) is 6.99. The molecule has 0 aliphatic carbocycles. The van der Waals surface area contributed by atoms with E-state index in [1.165, 1.54) is 0 Å². The Kier molecular flexibility index (Phi) is 3.48. The van der Waals surface area contributed by atoms with Crippen molar-refractivity contribution >= 4 is 0 Å². The number of hydrogen-bond donors (Lipinski definition) is 1. The molecule has 2 heterocycles. The summed E-state index contributed by atoms with van der Waals surface area (Å²) in [6.07, 6.45) is 1.34. The van der Waals surface area contributed by atoms with Gasteiger partial charge in [-0.1, -0.05) is 18.2 Å². The third-order valence-corrected chi connectivity index (χ3v) is 4.48. The Hall–Kier alpha value is -1.10. The van der Waals surface area contributed by atoms with Crippen molar-refractivity contribution in [2.24, 2.45) is 5.73 Å². The van der Waals surface area contributed by atoms with Crippen LogP contribution < -0.4 is 10.5 Å². The van der Waals surface area contributed by atoms with E-state index in [0.29, 0.717) is 12.6 Å². The molecule has 0 amide bonds. The number of benzene rings is 1. The van der Waals surface area contributed by atoms with Gasteiger partial charge in [0.25, 0.3) is 0 Å². The van der Waals surface area contributed by atoms with Crippen molar-refractivity contribution in [3.8, 4) is 5.75 Å². The minimum Gasteiger partial charge on any atom is -0.492 e. The monoisotopic (exact) mass is 262 g/mol. The zero-order chi connectivity index (χ0) is 13.4. The molecule has 19 heavy (non-hydrogen) atoms. The molecule has 1 aromatic carbocycles. The lowest BCUT2D eigenvalue weighted by Crippen LogP contribution is -2.52. The summed E-state index contributed by atoms with van der Waals surface area (Å²) in [5, 5.41) is 0. The molecule has 0 spiro atoms. The second-order valence-corrected chi connectivity index (χ2v) is 5.54. The van der Waals surface area contributed by atoms with Gasteiger partial charge in [-0.3, -0.25) is 4.90 Å². The molecular weight excluding hydrogens is 240 g/mol. The molecule has 0 saturated carbocycles. The molecule has 4 atom stereocenters. The van der Waals surface area contributed by atoms with E-state index in [4.69, 9.17) is 15.2 Å². The summed E-state index contributed by atoms with van der Waals surface area (Å²) < 4.78 is 11.5. The minimum atomic E-state index is 0.00255. The van der Waals surface area contributed by atoms with Crippen molar-refractivity contribution < 1.29 is 9.47 Å². The Morgan fingerprint density at radius 3 is 2.79 bits per heavy atom. The normalized spacial score (nSPS) is 34.1. The van der Waals surface area contributed by atoms with E-state index in [-0.39, 0.29) is 18.2 Å². The maximum Gasteiger partial charge on any atom is 0.124 e. The van der Waals surface area contributed by atoms with Gasteiger partial charge < -0.3 is 15.2 Å². The van der Waals surface area contributed by atoms with Crippen LogP contribution in [0.4, 0.5) is 0 Å². The van der Waals surface area contributed by atoms with E-state index < -0.39 is 0 Å². The van der Waals surface area contributed by atoms with Crippen molar-refractivity contribution in [2.45, 2.75) is 37.6 Å². The van der Waals surface area contributed by atoms with Gasteiger partial charge in [-0.15, -0.1) is 0 Å². The van der Waals surface area contributed by atoms with Gasteiger partial charge in [-0.05, 0) is 26.5 Å². The second-order valence-electron chi connectivity index (χ2n) is 5.54. The molecule has 2 N–H and O–H groups in total. The molecule has 0 radical (unpaired) electrons. The van der Waals surface area contributed by atoms with Crippen molar-refractivity contribution in [3.05, 3.63) is 29.8 Å². The molecule has 4 unspecified atom stereocenters. The quantitative estimate of drug-likeness (QED) is 0.878. The highest BCUT2D eigenvalue weighted by Gasteiger charge is 2.37. The first kappa shape index (κ1) is 12.9. The summed E-state index contributed by atoms with van der Waals surface area (Å²) >= 11 is 0. The Balaban J connectivity index is 1.80. The summed E-state index contributed by atoms with van der Waals surface area (Å²) in [5.41, 5.74) is 7.55. The van der Waals surface area contributed by atoms with Gasteiger partial charge in [0.1, 0.15) is 12.4 Å². The highest BCUT2D eigenvalue weighted by molar-refractivity contribution is 5.38. The Bertz CT molecular complexity index is 452. The van der Waals surface area contributed by atoms with E-state index in [0.717, 1.165) is 24.3 Å². The number of hydrogen-bond acceptors (Lipinski definition) is 4. The van der Waals surface area contributed by atoms with Gasteiger partial charge in [0, 0.05) is 18.2 Å². The number of rotatable bonds is 2. The van der Waals surface area contributed by atoms with E-state index >= 15 is 0 Å². The van der Waals surface area contributed by atoms with E-state index in [9.17, 15) is 0 Å². The van der Waals surface area contributed by atoms with Crippen LogP contribution in [0.3, 0.4) is 0 Å². The highest BCUT2D eigenvalue weighted by atomic mass is 16.5. The Morgan fingerprint density at radius 1 is 1.26 bits per heavy atom. The third-order valence-electron chi connectivity index (χ3n) is 4.48. The smallest absolute Gasteiger partial charge is 0.124 e. The minimum absolute atomic E-state index is 0.00255. The van der Waals surface area contributed by atoms with Crippen LogP contribution in [0.25, 0.3) is 0 Å². The van der Waals surface area contributed by atoms with Crippen molar-refractivity contribution in [1.29, 1.82) is 0 Å². The number of nitrogens with zero attached hydrogens (tertiary/aromatic N) is 1. The molecule has 1 fully saturated rings. The van der Waals surface area contributed by atoms with Gasteiger partial charge in [0.15, 0.2) is 0 Å². The zero-order valence-corrected chi connectivity index (χ0v) is 11.6. The van der Waals surface area contributed by atoms with Gasteiger partial charge in [-0.25, -0.2) is 0 Å². The standard InChI is InChI=1S/C15H22N2O2/c1-10-12(7-8-18-10)17(2)13-9-19-14-6-4-3-5-11(14)15(13)16/h3-6,10,12-13,15H,7-9,16H2,1-2H3. The molecule has 4 nitrogen and oxygen atoms in total. The van der Waals surface area contributed by atoms with Gasteiger partial charge in [0.05, 0.1) is 18.2 Å². The fourth-order valence-electron chi connectivity index (χ4n) is 3.25. The topological polar surface area (TPSA) is 47.7 Å². The molecule has 0 aromatic heterocycles. The zero-order valence-electron chi connectivity index (χ0n) is 11.6. The number of para-hydroxylation sites is 1. The molecule has 4 heteroatoms. The second kappa shape index (κ2) is 5.12. The number of ether oxygens (including phenoxy) is 2. The summed E-state index contributed by atoms with van der Waals surface area (Å²) in [7, 11) is 2.14. The number of fused-ring (bicyclic) bond motifs is 1. The maximum absolute atomic E-state index is 6.44. The van der Waals surface area contributed by atoms with E-state index in [2.05, 4.69) is 24.9 Å². The van der Waals surface area contributed by atoms with Crippen LogP contribution in [-0.2, 0) is 4.74 Å². The predicted octanol–water partition coefficient (Wildman–Crippen LogP) is 1.56. The summed E-state index contributed by atoms with van der Waals surface area (Å²) in [6.45, 7) is 3.63. The number of nitrogens with two attached hydrogens (primary N) is 1. The lowest BCUT2D eigenvalue weighted by molar-refractivity contribution is 0.0398. The molecule has 2 aliphatic rings. The number of likely N-dealkylation sites (N-methyl/N-ethyl adjacent to an activating group) is 1. The van der Waals surface area contributed by atoms with Crippen LogP contribution in [0.2, 0.25) is 0 Å². The maximum atomic E-state index is 6.44. The van der Waals surface area contributed by atoms with Gasteiger partial charge in [0.2, 0.25) is 0 Å². The molecule has 1 saturated heterocycles. The first-order chi connectivity index (χ1) is 9.18. The third kappa shape index (κ3) is 2.24. The summed E-state index contributed by atoms with van der Waals surface area (Å²) in [5.74, 6) is 0.926. The van der Waals surface area contributed by atoms with Crippen molar-refractivity contribution in [3.63, 3.8) is 0 Å². The Morgan fingerprint density at radius 2 is 2.05 bits per heavy atom. The lowest BCUT2D eigenvalue weighted by Gasteiger charge is -2.40. The molecule has 1 aromatic rings. The van der Waals surface area contributed by atoms with Gasteiger partial charge in [-0.2, -0.15) is 0 Å². The highest BCUT2D eigenvalue weighted by Crippen LogP contribution is 2.34. The predicted molar refractivity (Wildman–Crippen MR) is 74.2 cm³/mol. The molecule has 2 aliphatic heterocycles. The largest absolute Gasteiger partial charge is 0.492 e. The van der Waals surface area contributed by atoms with Crippen molar-refractivity contribution in [1.82, 2.24) is 4.90 Å². The van der Waals surface area contributed by atoms with Crippen LogP contribution in [-0.4, -0.2) is 43.3 Å². The first-order valence-electron chi connectivity index (χ1n) is 6.99. The van der Waals surface area contributed by atoms with Crippen LogP contribution in [0.1, 0.15) is 24.9 Å². The molecular formula is C15H22N2O2. The Labute approximate surface area is 114 Å². The van der Waals surface area contributed by atoms with Crippen LogP contribution in [0, 0.1) is 0 Å². The van der Waals surface area contributed by atoms with Crippen LogP contribution in [0.15, 0.2) is 24.3 Å². The average Bonchev–Trinajstić information content (AvgIpc) is 2.85. The summed E-state index contributed by atoms with van der Waals surface area (Å²) in [6, 6.07) is 8.71. The summed E-state index contributed by atoms with van der Waals surface area (Å²) in [4.78, 5) is 2.35.